The lowest BCUT2D eigenvalue weighted by atomic mass is 10.0. The summed E-state index contributed by atoms with van der Waals surface area (Å²) in [6.07, 6.45) is 3.89. The standard InChI is InChI=1S/C23H30N4O5/c1-30-18-5-2-15(3-6-18)12-22(28)25-21-14-20(26-27-21)16-4-7-19(13-16)32-23(29)24-17-8-10-31-11-9-17/h2-3,5-6,14,16-17,19H,4,7-13H2,1H3,(H,24,29)(H2,25,26,27,28)/t16-,19+/m1/s1. The van der Waals surface area contributed by atoms with Gasteiger partial charge in [0.1, 0.15) is 11.9 Å². The zero-order valence-electron chi connectivity index (χ0n) is 18.3. The van der Waals surface area contributed by atoms with E-state index >= 15 is 0 Å². The number of aromatic amines is 1. The third-order valence-electron chi connectivity index (χ3n) is 6.03. The fraction of sp³-hybridized carbons (Fsp3) is 0.522. The minimum atomic E-state index is -0.348. The molecule has 172 valence electrons. The minimum absolute atomic E-state index is 0.115. The predicted molar refractivity (Wildman–Crippen MR) is 118 cm³/mol. The van der Waals surface area contributed by atoms with E-state index in [0.29, 0.717) is 19.0 Å². The number of nitrogens with zero attached hydrogens (tertiary/aromatic N) is 1. The molecule has 1 aromatic carbocycles. The van der Waals surface area contributed by atoms with E-state index in [1.165, 1.54) is 0 Å². The molecular formula is C23H30N4O5. The van der Waals surface area contributed by atoms with Crippen molar-refractivity contribution in [2.24, 2.45) is 0 Å². The molecule has 2 fully saturated rings. The number of alkyl carbamates (subject to hydrolysis) is 1. The molecule has 1 saturated carbocycles. The van der Waals surface area contributed by atoms with Crippen LogP contribution < -0.4 is 15.4 Å². The normalized spacial score (nSPS) is 21.2. The summed E-state index contributed by atoms with van der Waals surface area (Å²) in [5.74, 6) is 1.34. The highest BCUT2D eigenvalue weighted by atomic mass is 16.6. The smallest absolute Gasteiger partial charge is 0.407 e. The third kappa shape index (κ3) is 6.00. The first-order chi connectivity index (χ1) is 15.6. The Morgan fingerprint density at radius 2 is 1.94 bits per heavy atom. The maximum absolute atomic E-state index is 12.3. The fourth-order valence-corrected chi connectivity index (χ4v) is 4.25. The van der Waals surface area contributed by atoms with Crippen LogP contribution in [-0.4, -0.2) is 54.7 Å². The van der Waals surface area contributed by atoms with Crippen molar-refractivity contribution in [3.8, 4) is 5.75 Å². The average molecular weight is 443 g/mol. The molecule has 2 amide bonds. The minimum Gasteiger partial charge on any atom is -0.497 e. The van der Waals surface area contributed by atoms with Gasteiger partial charge in [0.25, 0.3) is 0 Å². The second-order valence-electron chi connectivity index (χ2n) is 8.35. The van der Waals surface area contributed by atoms with Crippen molar-refractivity contribution in [1.29, 1.82) is 0 Å². The highest BCUT2D eigenvalue weighted by Gasteiger charge is 2.30. The number of benzene rings is 1. The van der Waals surface area contributed by atoms with Crippen LogP contribution in [0.4, 0.5) is 10.6 Å². The number of H-pyrrole nitrogens is 1. The second kappa shape index (κ2) is 10.5. The monoisotopic (exact) mass is 442 g/mol. The van der Waals surface area contributed by atoms with Crippen LogP contribution in [0.1, 0.15) is 49.3 Å². The van der Waals surface area contributed by atoms with Crippen molar-refractivity contribution < 1.29 is 23.8 Å². The average Bonchev–Trinajstić information content (AvgIpc) is 3.44. The summed E-state index contributed by atoms with van der Waals surface area (Å²) in [6.45, 7) is 1.35. The van der Waals surface area contributed by atoms with Gasteiger partial charge in [-0.15, -0.1) is 0 Å². The molecule has 0 radical (unpaired) electrons. The predicted octanol–water partition coefficient (Wildman–Crippen LogP) is 3.14. The molecule has 0 unspecified atom stereocenters. The number of carbonyl (C=O) groups excluding carboxylic acids is 2. The van der Waals surface area contributed by atoms with Gasteiger partial charge in [0.05, 0.1) is 13.5 Å². The van der Waals surface area contributed by atoms with Crippen molar-refractivity contribution in [2.75, 3.05) is 25.6 Å². The Balaban J connectivity index is 1.22. The quantitative estimate of drug-likeness (QED) is 0.607. The fourth-order valence-electron chi connectivity index (χ4n) is 4.25. The van der Waals surface area contributed by atoms with Crippen LogP contribution in [0.3, 0.4) is 0 Å². The summed E-state index contributed by atoms with van der Waals surface area (Å²) in [6, 6.07) is 9.39. The summed E-state index contributed by atoms with van der Waals surface area (Å²) < 4.78 is 16.1. The molecule has 3 N–H and O–H groups in total. The Bertz CT molecular complexity index is 907. The number of methoxy groups -OCH3 is 1. The molecule has 2 aliphatic rings. The largest absolute Gasteiger partial charge is 0.497 e. The molecule has 1 aliphatic carbocycles. The van der Waals surface area contributed by atoms with Crippen molar-refractivity contribution in [3.05, 3.63) is 41.6 Å². The number of amides is 2. The molecule has 0 spiro atoms. The Hall–Kier alpha value is -3.07. The molecule has 4 rings (SSSR count). The van der Waals surface area contributed by atoms with Crippen LogP contribution in [0.15, 0.2) is 30.3 Å². The number of ether oxygens (including phenoxy) is 3. The van der Waals surface area contributed by atoms with Gasteiger partial charge in [0, 0.05) is 36.9 Å². The van der Waals surface area contributed by atoms with Crippen LogP contribution in [0.5, 0.6) is 5.75 Å². The highest BCUT2D eigenvalue weighted by molar-refractivity contribution is 5.91. The maximum atomic E-state index is 12.3. The maximum Gasteiger partial charge on any atom is 0.407 e. The summed E-state index contributed by atoms with van der Waals surface area (Å²) in [4.78, 5) is 24.5. The van der Waals surface area contributed by atoms with Gasteiger partial charge >= 0.3 is 6.09 Å². The number of hydrogen-bond donors (Lipinski definition) is 3. The van der Waals surface area contributed by atoms with Gasteiger partial charge in [-0.05, 0) is 49.8 Å². The number of anilines is 1. The van der Waals surface area contributed by atoms with Gasteiger partial charge < -0.3 is 24.8 Å². The first-order valence-corrected chi connectivity index (χ1v) is 11.1. The zero-order chi connectivity index (χ0) is 22.3. The summed E-state index contributed by atoms with van der Waals surface area (Å²) in [5.41, 5.74) is 1.84. The second-order valence-corrected chi connectivity index (χ2v) is 8.35. The van der Waals surface area contributed by atoms with Crippen LogP contribution in [0.2, 0.25) is 0 Å². The van der Waals surface area contributed by atoms with Gasteiger partial charge in [0.2, 0.25) is 5.91 Å². The first kappa shape index (κ1) is 22.1. The van der Waals surface area contributed by atoms with Crippen LogP contribution in [-0.2, 0) is 20.7 Å². The Labute approximate surface area is 187 Å². The lowest BCUT2D eigenvalue weighted by Gasteiger charge is -2.23. The van der Waals surface area contributed by atoms with E-state index in [9.17, 15) is 9.59 Å². The van der Waals surface area contributed by atoms with Gasteiger partial charge in [0.15, 0.2) is 5.82 Å². The number of carbonyl (C=O) groups is 2. The van der Waals surface area contributed by atoms with E-state index in [2.05, 4.69) is 20.8 Å². The SMILES string of the molecule is COc1ccc(CC(=O)Nc2cc([C@@H]3CC[C@H](OC(=O)NC4CCOCC4)C3)[nH]n2)cc1. The van der Waals surface area contributed by atoms with Crippen LogP contribution in [0, 0.1) is 0 Å². The molecular weight excluding hydrogens is 412 g/mol. The van der Waals surface area contributed by atoms with Gasteiger partial charge in [-0.3, -0.25) is 9.89 Å². The molecule has 9 heteroatoms. The van der Waals surface area contributed by atoms with E-state index in [-0.39, 0.29) is 36.5 Å². The molecule has 1 saturated heterocycles. The number of rotatable bonds is 7. The Morgan fingerprint density at radius 1 is 1.16 bits per heavy atom. The summed E-state index contributed by atoms with van der Waals surface area (Å²) >= 11 is 0. The molecule has 2 aromatic rings. The van der Waals surface area contributed by atoms with Gasteiger partial charge in [-0.1, -0.05) is 12.1 Å². The van der Waals surface area contributed by atoms with Crippen molar-refractivity contribution in [3.63, 3.8) is 0 Å². The Kier molecular flexibility index (Phi) is 7.26. The van der Waals surface area contributed by atoms with Crippen molar-refractivity contribution >= 4 is 17.8 Å². The molecule has 1 aromatic heterocycles. The summed E-state index contributed by atoms with van der Waals surface area (Å²) in [5, 5.41) is 13.0. The van der Waals surface area contributed by atoms with E-state index in [0.717, 1.165) is 49.1 Å². The van der Waals surface area contributed by atoms with E-state index in [4.69, 9.17) is 14.2 Å². The lowest BCUT2D eigenvalue weighted by molar-refractivity contribution is -0.115. The highest BCUT2D eigenvalue weighted by Crippen LogP contribution is 2.35. The van der Waals surface area contributed by atoms with Crippen molar-refractivity contribution in [1.82, 2.24) is 15.5 Å². The molecule has 0 bridgehead atoms. The summed E-state index contributed by atoms with van der Waals surface area (Å²) in [7, 11) is 1.61. The Morgan fingerprint density at radius 3 is 2.69 bits per heavy atom. The third-order valence-corrected chi connectivity index (χ3v) is 6.03. The topological polar surface area (TPSA) is 115 Å². The molecule has 1 aliphatic heterocycles. The van der Waals surface area contributed by atoms with Crippen LogP contribution >= 0.6 is 0 Å². The van der Waals surface area contributed by atoms with E-state index < -0.39 is 0 Å². The molecule has 32 heavy (non-hydrogen) atoms. The van der Waals surface area contributed by atoms with Gasteiger partial charge in [-0.2, -0.15) is 5.10 Å². The van der Waals surface area contributed by atoms with Crippen molar-refractivity contribution in [2.45, 2.75) is 56.6 Å². The molecule has 2 atom stereocenters. The molecule has 2 heterocycles. The number of hydrogen-bond acceptors (Lipinski definition) is 6. The lowest BCUT2D eigenvalue weighted by Crippen LogP contribution is -2.40. The van der Waals surface area contributed by atoms with Crippen LogP contribution in [0.25, 0.3) is 0 Å². The first-order valence-electron chi connectivity index (χ1n) is 11.1. The number of nitrogens with one attached hydrogen (secondary N) is 3. The van der Waals surface area contributed by atoms with E-state index in [1.54, 1.807) is 7.11 Å². The zero-order valence-corrected chi connectivity index (χ0v) is 18.3. The molecule has 9 nitrogen and oxygen atoms in total. The van der Waals surface area contributed by atoms with E-state index in [1.807, 2.05) is 30.3 Å². The van der Waals surface area contributed by atoms with Gasteiger partial charge in [-0.25, -0.2) is 4.79 Å². The number of aromatic nitrogens is 2.